The highest BCUT2D eigenvalue weighted by Gasteiger charge is 2.19. The standard InChI is InChI=1S/C17H13N3O3S/c18-16-15(14(21)10-4-2-1-3-5-10)24-17(20-16)19-11-6-7-12-13(8-11)23-9-22-12/h1-8H,9,18H2,(H,19,20). The zero-order valence-corrected chi connectivity index (χ0v) is 13.3. The topological polar surface area (TPSA) is 86.5 Å². The number of fused-ring (bicyclic) bond motifs is 1. The molecule has 3 aromatic rings. The van der Waals surface area contributed by atoms with Crippen LogP contribution in [-0.4, -0.2) is 17.6 Å². The average molecular weight is 339 g/mol. The van der Waals surface area contributed by atoms with E-state index in [0.29, 0.717) is 27.1 Å². The Morgan fingerprint density at radius 3 is 2.75 bits per heavy atom. The van der Waals surface area contributed by atoms with E-state index in [1.165, 1.54) is 11.3 Å². The molecule has 0 saturated carbocycles. The highest BCUT2D eigenvalue weighted by atomic mass is 32.1. The predicted octanol–water partition coefficient (Wildman–Crippen LogP) is 3.43. The second kappa shape index (κ2) is 5.86. The number of hydrogen-bond donors (Lipinski definition) is 2. The molecule has 24 heavy (non-hydrogen) atoms. The van der Waals surface area contributed by atoms with Crippen molar-refractivity contribution in [3.05, 3.63) is 59.0 Å². The number of thiazole rings is 1. The van der Waals surface area contributed by atoms with Crippen LogP contribution in [0.15, 0.2) is 48.5 Å². The summed E-state index contributed by atoms with van der Waals surface area (Å²) in [6.45, 7) is 0.221. The fourth-order valence-corrected chi connectivity index (χ4v) is 3.23. The minimum absolute atomic E-state index is 0.135. The smallest absolute Gasteiger partial charge is 0.231 e. The van der Waals surface area contributed by atoms with E-state index in [9.17, 15) is 4.79 Å². The molecular formula is C17H13N3O3S. The fraction of sp³-hybridized carbons (Fsp3) is 0.0588. The minimum Gasteiger partial charge on any atom is -0.454 e. The van der Waals surface area contributed by atoms with Gasteiger partial charge in [-0.1, -0.05) is 41.7 Å². The number of ether oxygens (including phenoxy) is 2. The van der Waals surface area contributed by atoms with Gasteiger partial charge in [-0.05, 0) is 12.1 Å². The molecule has 0 fully saturated rings. The maximum atomic E-state index is 12.5. The van der Waals surface area contributed by atoms with E-state index >= 15 is 0 Å². The summed E-state index contributed by atoms with van der Waals surface area (Å²) in [6.07, 6.45) is 0. The molecule has 0 spiro atoms. The lowest BCUT2D eigenvalue weighted by atomic mass is 10.1. The molecule has 0 amide bonds. The van der Waals surface area contributed by atoms with Crippen LogP contribution in [0.2, 0.25) is 0 Å². The van der Waals surface area contributed by atoms with E-state index in [4.69, 9.17) is 15.2 Å². The molecule has 2 aromatic carbocycles. The molecule has 2 heterocycles. The zero-order valence-electron chi connectivity index (χ0n) is 12.5. The van der Waals surface area contributed by atoms with E-state index in [1.807, 2.05) is 36.4 Å². The van der Waals surface area contributed by atoms with Gasteiger partial charge in [0.15, 0.2) is 16.6 Å². The molecule has 0 saturated heterocycles. The molecule has 0 bridgehead atoms. The molecule has 1 aromatic heterocycles. The Morgan fingerprint density at radius 1 is 1.12 bits per heavy atom. The van der Waals surface area contributed by atoms with Crippen LogP contribution in [0.3, 0.4) is 0 Å². The summed E-state index contributed by atoms with van der Waals surface area (Å²) >= 11 is 1.22. The Balaban J connectivity index is 1.58. The average Bonchev–Trinajstić information content (AvgIpc) is 3.21. The highest BCUT2D eigenvalue weighted by Crippen LogP contribution is 2.36. The summed E-state index contributed by atoms with van der Waals surface area (Å²) in [5.74, 6) is 1.46. The van der Waals surface area contributed by atoms with Gasteiger partial charge in [0.1, 0.15) is 10.7 Å². The van der Waals surface area contributed by atoms with Crippen molar-refractivity contribution in [1.29, 1.82) is 0 Å². The van der Waals surface area contributed by atoms with Crippen molar-refractivity contribution in [2.75, 3.05) is 17.8 Å². The SMILES string of the molecule is Nc1nc(Nc2ccc3c(c2)OCO3)sc1C(=O)c1ccccc1. The summed E-state index contributed by atoms with van der Waals surface area (Å²) in [5.41, 5.74) is 7.29. The van der Waals surface area contributed by atoms with Gasteiger partial charge in [0.2, 0.25) is 12.6 Å². The third-order valence-corrected chi connectivity index (χ3v) is 4.50. The van der Waals surface area contributed by atoms with Crippen LogP contribution in [0.1, 0.15) is 15.2 Å². The van der Waals surface area contributed by atoms with E-state index in [-0.39, 0.29) is 18.4 Å². The Bertz CT molecular complexity index is 909. The molecule has 7 heteroatoms. The van der Waals surface area contributed by atoms with Gasteiger partial charge in [-0.2, -0.15) is 0 Å². The number of carbonyl (C=O) groups excluding carboxylic acids is 1. The van der Waals surface area contributed by atoms with Gasteiger partial charge in [0.05, 0.1) is 0 Å². The van der Waals surface area contributed by atoms with E-state index in [1.54, 1.807) is 12.1 Å². The normalized spacial score (nSPS) is 12.2. The summed E-state index contributed by atoms with van der Waals surface area (Å²) in [7, 11) is 0. The second-order valence-corrected chi connectivity index (χ2v) is 6.12. The summed E-state index contributed by atoms with van der Waals surface area (Å²) < 4.78 is 10.6. The molecule has 0 unspecified atom stereocenters. The lowest BCUT2D eigenvalue weighted by molar-refractivity contribution is 0.104. The lowest BCUT2D eigenvalue weighted by Crippen LogP contribution is -2.02. The summed E-state index contributed by atoms with van der Waals surface area (Å²) in [5, 5.41) is 3.69. The minimum atomic E-state index is -0.135. The molecule has 0 radical (unpaired) electrons. The predicted molar refractivity (Wildman–Crippen MR) is 92.2 cm³/mol. The number of ketones is 1. The first-order valence-corrected chi connectivity index (χ1v) is 8.05. The molecule has 0 atom stereocenters. The number of hydrogen-bond acceptors (Lipinski definition) is 7. The van der Waals surface area contributed by atoms with Crippen LogP contribution in [0.25, 0.3) is 0 Å². The van der Waals surface area contributed by atoms with Crippen molar-refractivity contribution in [3.63, 3.8) is 0 Å². The molecule has 1 aliphatic heterocycles. The van der Waals surface area contributed by atoms with Gasteiger partial charge in [-0.3, -0.25) is 4.79 Å². The fourth-order valence-electron chi connectivity index (χ4n) is 2.37. The molecule has 4 rings (SSSR count). The third kappa shape index (κ3) is 2.65. The number of nitrogens with two attached hydrogens (primary N) is 1. The van der Waals surface area contributed by atoms with Gasteiger partial charge in [0, 0.05) is 17.3 Å². The van der Waals surface area contributed by atoms with Gasteiger partial charge in [-0.15, -0.1) is 0 Å². The number of aromatic nitrogens is 1. The number of nitrogen functional groups attached to an aromatic ring is 1. The first-order valence-electron chi connectivity index (χ1n) is 7.23. The number of carbonyl (C=O) groups is 1. The Morgan fingerprint density at radius 2 is 1.92 bits per heavy atom. The molecule has 120 valence electrons. The van der Waals surface area contributed by atoms with Crippen LogP contribution >= 0.6 is 11.3 Å². The van der Waals surface area contributed by atoms with Crippen LogP contribution in [0, 0.1) is 0 Å². The second-order valence-electron chi connectivity index (χ2n) is 5.12. The first-order chi connectivity index (χ1) is 11.7. The maximum Gasteiger partial charge on any atom is 0.231 e. The maximum absolute atomic E-state index is 12.5. The molecule has 1 aliphatic rings. The van der Waals surface area contributed by atoms with Crippen molar-refractivity contribution in [3.8, 4) is 11.5 Å². The van der Waals surface area contributed by atoms with Crippen molar-refractivity contribution in [2.24, 2.45) is 0 Å². The lowest BCUT2D eigenvalue weighted by Gasteiger charge is -2.03. The van der Waals surface area contributed by atoms with Crippen molar-refractivity contribution in [1.82, 2.24) is 4.98 Å². The Kier molecular flexibility index (Phi) is 3.55. The van der Waals surface area contributed by atoms with Crippen LogP contribution < -0.4 is 20.5 Å². The van der Waals surface area contributed by atoms with Crippen LogP contribution in [0.4, 0.5) is 16.6 Å². The van der Waals surface area contributed by atoms with Gasteiger partial charge < -0.3 is 20.5 Å². The molecular weight excluding hydrogens is 326 g/mol. The zero-order chi connectivity index (χ0) is 16.5. The highest BCUT2D eigenvalue weighted by molar-refractivity contribution is 7.18. The number of benzene rings is 2. The van der Waals surface area contributed by atoms with E-state index < -0.39 is 0 Å². The van der Waals surface area contributed by atoms with E-state index in [0.717, 1.165) is 5.69 Å². The third-order valence-electron chi connectivity index (χ3n) is 3.52. The van der Waals surface area contributed by atoms with Gasteiger partial charge >= 0.3 is 0 Å². The van der Waals surface area contributed by atoms with Crippen molar-refractivity contribution < 1.29 is 14.3 Å². The van der Waals surface area contributed by atoms with Crippen LogP contribution in [-0.2, 0) is 0 Å². The molecule has 0 aliphatic carbocycles. The van der Waals surface area contributed by atoms with Crippen molar-refractivity contribution >= 4 is 33.8 Å². The summed E-state index contributed by atoms with van der Waals surface area (Å²) in [4.78, 5) is 17.2. The number of nitrogens with one attached hydrogen (secondary N) is 1. The number of nitrogens with zero attached hydrogens (tertiary/aromatic N) is 1. The van der Waals surface area contributed by atoms with E-state index in [2.05, 4.69) is 10.3 Å². The van der Waals surface area contributed by atoms with Crippen molar-refractivity contribution in [2.45, 2.75) is 0 Å². The monoisotopic (exact) mass is 339 g/mol. The van der Waals surface area contributed by atoms with Gasteiger partial charge in [-0.25, -0.2) is 4.98 Å². The Labute approximate surface area is 141 Å². The number of rotatable bonds is 4. The quantitative estimate of drug-likeness (QED) is 0.708. The Hall–Kier alpha value is -3.06. The largest absolute Gasteiger partial charge is 0.454 e. The summed E-state index contributed by atoms with van der Waals surface area (Å²) in [6, 6.07) is 14.5. The van der Waals surface area contributed by atoms with Crippen LogP contribution in [0.5, 0.6) is 11.5 Å². The van der Waals surface area contributed by atoms with Gasteiger partial charge in [0.25, 0.3) is 0 Å². The first kappa shape index (κ1) is 14.5. The molecule has 3 N–H and O–H groups in total. The number of anilines is 3. The molecule has 6 nitrogen and oxygen atoms in total.